The molecule has 2 aromatic carbocycles. The number of thioether (sulfide) groups is 1. The summed E-state index contributed by atoms with van der Waals surface area (Å²) in [6.45, 7) is 0.353. The van der Waals surface area contributed by atoms with Gasteiger partial charge in [-0.2, -0.15) is 4.68 Å². The molecule has 3 aromatic rings. The number of hydrogen-bond acceptors (Lipinski definition) is 6. The first kappa shape index (κ1) is 20.5. The topological polar surface area (TPSA) is 81.0 Å². The lowest BCUT2D eigenvalue weighted by Crippen LogP contribution is -2.41. The minimum Gasteiger partial charge on any atom is -0.278 e. The molecule has 30 heavy (non-hydrogen) atoms. The molecule has 154 valence electrons. The highest BCUT2D eigenvalue weighted by molar-refractivity contribution is 8.00. The van der Waals surface area contributed by atoms with Crippen LogP contribution in [-0.4, -0.2) is 48.7 Å². The molecule has 2 amide bonds. The van der Waals surface area contributed by atoms with Crippen molar-refractivity contribution in [1.82, 2.24) is 25.1 Å². The summed E-state index contributed by atoms with van der Waals surface area (Å²) in [5.74, 6) is -1.05. The summed E-state index contributed by atoms with van der Waals surface area (Å²) in [6, 6.07) is 12.3. The van der Waals surface area contributed by atoms with Gasteiger partial charge >= 0.3 is 0 Å². The van der Waals surface area contributed by atoms with Crippen molar-refractivity contribution in [3.05, 3.63) is 64.9 Å². The Bertz CT molecular complexity index is 1080. The molecule has 1 aliphatic rings. The first-order valence-corrected chi connectivity index (χ1v) is 10.6. The van der Waals surface area contributed by atoms with E-state index in [1.807, 2.05) is 0 Å². The SMILES string of the molecule is O=C(c1ccc(Cl)cc1)N1CCCC[C@H](Sc2nnnn2-c2cccc(F)c2)C1=O. The second-order valence-corrected chi connectivity index (χ2v) is 8.36. The first-order chi connectivity index (χ1) is 14.5. The van der Waals surface area contributed by atoms with Gasteiger partial charge in [-0.3, -0.25) is 14.5 Å². The van der Waals surface area contributed by atoms with Crippen molar-refractivity contribution >= 4 is 35.2 Å². The van der Waals surface area contributed by atoms with Crippen LogP contribution in [0.4, 0.5) is 4.39 Å². The largest absolute Gasteiger partial charge is 0.278 e. The second kappa shape index (κ2) is 8.93. The molecule has 1 fully saturated rings. The van der Waals surface area contributed by atoms with Gasteiger partial charge in [-0.1, -0.05) is 35.9 Å². The van der Waals surface area contributed by atoms with Gasteiger partial charge < -0.3 is 0 Å². The highest BCUT2D eigenvalue weighted by Crippen LogP contribution is 2.30. The summed E-state index contributed by atoms with van der Waals surface area (Å²) in [5.41, 5.74) is 0.862. The number of nitrogens with zero attached hydrogens (tertiary/aromatic N) is 5. The van der Waals surface area contributed by atoms with Gasteiger partial charge in [0.2, 0.25) is 11.1 Å². The monoisotopic (exact) mass is 445 g/mol. The van der Waals surface area contributed by atoms with Crippen molar-refractivity contribution in [1.29, 1.82) is 0 Å². The van der Waals surface area contributed by atoms with Crippen LogP contribution in [-0.2, 0) is 4.79 Å². The van der Waals surface area contributed by atoms with Crippen LogP contribution in [0, 0.1) is 5.82 Å². The predicted molar refractivity (Wildman–Crippen MR) is 110 cm³/mol. The Kier molecular flexibility index (Phi) is 6.10. The molecule has 0 unspecified atom stereocenters. The van der Waals surface area contributed by atoms with Crippen LogP contribution in [0.2, 0.25) is 5.02 Å². The lowest BCUT2D eigenvalue weighted by Gasteiger charge is -2.22. The number of aromatic nitrogens is 4. The van der Waals surface area contributed by atoms with Gasteiger partial charge in [0.1, 0.15) is 5.82 Å². The summed E-state index contributed by atoms with van der Waals surface area (Å²) >= 11 is 7.07. The maximum Gasteiger partial charge on any atom is 0.260 e. The Labute approximate surface area is 181 Å². The molecule has 1 saturated heterocycles. The van der Waals surface area contributed by atoms with Gasteiger partial charge in [-0.25, -0.2) is 4.39 Å². The van der Waals surface area contributed by atoms with Gasteiger partial charge in [0, 0.05) is 17.1 Å². The quantitative estimate of drug-likeness (QED) is 0.569. The number of carbonyl (C=O) groups is 2. The Morgan fingerprint density at radius 3 is 2.73 bits per heavy atom. The predicted octanol–water partition coefficient (Wildman–Crippen LogP) is 3.77. The molecule has 1 aromatic heterocycles. The fraction of sp³-hybridized carbons (Fsp3) is 0.250. The molecule has 10 heteroatoms. The Balaban J connectivity index is 1.56. The molecule has 0 bridgehead atoms. The minimum absolute atomic E-state index is 0.286. The van der Waals surface area contributed by atoms with Crippen LogP contribution in [0.3, 0.4) is 0 Å². The lowest BCUT2D eigenvalue weighted by atomic mass is 10.2. The van der Waals surface area contributed by atoms with Gasteiger partial charge in [0.15, 0.2) is 0 Å². The van der Waals surface area contributed by atoms with Gasteiger partial charge in [0.05, 0.1) is 10.9 Å². The van der Waals surface area contributed by atoms with Crippen LogP contribution < -0.4 is 0 Å². The van der Waals surface area contributed by atoms with Crippen LogP contribution in [0.25, 0.3) is 5.69 Å². The van der Waals surface area contributed by atoms with Crippen molar-refractivity contribution in [3.8, 4) is 5.69 Å². The summed E-state index contributed by atoms with van der Waals surface area (Å²) < 4.78 is 15.0. The third-order valence-electron chi connectivity index (χ3n) is 4.72. The number of hydrogen-bond donors (Lipinski definition) is 0. The molecule has 0 spiro atoms. The van der Waals surface area contributed by atoms with E-state index in [0.29, 0.717) is 34.4 Å². The number of benzene rings is 2. The number of tetrazole rings is 1. The number of imide groups is 1. The summed E-state index contributed by atoms with van der Waals surface area (Å²) in [7, 11) is 0. The Hall–Kier alpha value is -2.78. The summed E-state index contributed by atoms with van der Waals surface area (Å²) in [6.07, 6.45) is 2.09. The van der Waals surface area contributed by atoms with E-state index < -0.39 is 11.1 Å². The summed E-state index contributed by atoms with van der Waals surface area (Å²) in [5, 5.41) is 11.9. The van der Waals surface area contributed by atoms with Gasteiger partial charge in [-0.15, -0.1) is 5.10 Å². The molecule has 0 radical (unpaired) electrons. The van der Waals surface area contributed by atoms with Gasteiger partial charge in [0.25, 0.3) is 5.91 Å². The number of amides is 2. The van der Waals surface area contributed by atoms with Crippen molar-refractivity contribution in [3.63, 3.8) is 0 Å². The zero-order valence-electron chi connectivity index (χ0n) is 15.7. The van der Waals surface area contributed by atoms with E-state index in [4.69, 9.17) is 11.6 Å². The number of likely N-dealkylation sites (tertiary alicyclic amines) is 1. The van der Waals surface area contributed by atoms with Crippen LogP contribution >= 0.6 is 23.4 Å². The molecule has 1 aliphatic heterocycles. The second-order valence-electron chi connectivity index (χ2n) is 6.76. The van der Waals surface area contributed by atoms with Crippen molar-refractivity contribution in [2.45, 2.75) is 29.7 Å². The molecule has 2 heterocycles. The van der Waals surface area contributed by atoms with Crippen molar-refractivity contribution < 1.29 is 14.0 Å². The smallest absolute Gasteiger partial charge is 0.260 e. The number of carbonyl (C=O) groups excluding carboxylic acids is 2. The van der Waals surface area contributed by atoms with E-state index in [1.54, 1.807) is 36.4 Å². The average Bonchev–Trinajstić information content (AvgIpc) is 3.13. The fourth-order valence-corrected chi connectivity index (χ4v) is 4.43. The zero-order chi connectivity index (χ0) is 21.1. The van der Waals surface area contributed by atoms with Crippen molar-refractivity contribution in [2.24, 2.45) is 0 Å². The van der Waals surface area contributed by atoms with Crippen LogP contribution in [0.1, 0.15) is 29.6 Å². The highest BCUT2D eigenvalue weighted by atomic mass is 35.5. The number of rotatable bonds is 4. The Morgan fingerprint density at radius 2 is 1.97 bits per heavy atom. The van der Waals surface area contributed by atoms with E-state index >= 15 is 0 Å². The summed E-state index contributed by atoms with van der Waals surface area (Å²) in [4.78, 5) is 27.4. The third-order valence-corrected chi connectivity index (χ3v) is 6.16. The molecule has 0 N–H and O–H groups in total. The maximum atomic E-state index is 13.6. The number of halogens is 2. The molecule has 4 rings (SSSR count). The normalized spacial score (nSPS) is 17.1. The van der Waals surface area contributed by atoms with E-state index in [-0.39, 0.29) is 11.8 Å². The van der Waals surface area contributed by atoms with Crippen molar-refractivity contribution in [2.75, 3.05) is 6.54 Å². The lowest BCUT2D eigenvalue weighted by molar-refractivity contribution is -0.127. The standard InChI is InChI=1S/C20H17ClFN5O2S/c21-14-9-7-13(8-10-14)18(28)26-11-2-1-6-17(19(26)29)30-20-23-24-25-27(20)16-5-3-4-15(22)12-16/h3-5,7-10,12,17H,1-2,6,11H2/t17-/m0/s1. The van der Waals surface area contributed by atoms with E-state index in [9.17, 15) is 14.0 Å². The average molecular weight is 446 g/mol. The third kappa shape index (κ3) is 4.36. The highest BCUT2D eigenvalue weighted by Gasteiger charge is 2.33. The van der Waals surface area contributed by atoms with E-state index in [2.05, 4.69) is 15.5 Å². The van der Waals surface area contributed by atoms with Crippen LogP contribution in [0.15, 0.2) is 53.7 Å². The maximum absolute atomic E-state index is 13.6. The molecule has 1 atom stereocenters. The molecular formula is C20H17ClFN5O2S. The van der Waals surface area contributed by atoms with Gasteiger partial charge in [-0.05, 0) is 65.7 Å². The fourth-order valence-electron chi connectivity index (χ4n) is 3.22. The van der Waals surface area contributed by atoms with E-state index in [1.165, 1.54) is 33.5 Å². The molecular weight excluding hydrogens is 429 g/mol. The van der Waals surface area contributed by atoms with E-state index in [0.717, 1.165) is 12.8 Å². The van der Waals surface area contributed by atoms with Crippen LogP contribution in [0.5, 0.6) is 0 Å². The molecule has 7 nitrogen and oxygen atoms in total. The minimum atomic E-state index is -0.526. The molecule has 0 aliphatic carbocycles. The first-order valence-electron chi connectivity index (χ1n) is 9.35. The molecule has 0 saturated carbocycles. The Morgan fingerprint density at radius 1 is 1.17 bits per heavy atom. The zero-order valence-corrected chi connectivity index (χ0v) is 17.3.